The second-order valence-electron chi connectivity index (χ2n) is 5.11. The Labute approximate surface area is 102 Å². The van der Waals surface area contributed by atoms with E-state index in [2.05, 4.69) is 10.2 Å². The van der Waals surface area contributed by atoms with Crippen LogP contribution < -0.4 is 5.32 Å². The zero-order chi connectivity index (χ0) is 12.3. The van der Waals surface area contributed by atoms with Crippen molar-refractivity contribution in [2.24, 2.45) is 0 Å². The molecule has 17 heavy (non-hydrogen) atoms. The smallest absolute Gasteiger partial charge is 0.234 e. The van der Waals surface area contributed by atoms with Gasteiger partial charge in [-0.25, -0.2) is 0 Å². The maximum absolute atomic E-state index is 11.6. The van der Waals surface area contributed by atoms with E-state index in [-0.39, 0.29) is 17.7 Å². The molecule has 1 amide bonds. The average molecular weight is 242 g/mol. The van der Waals surface area contributed by atoms with E-state index in [0.717, 1.165) is 25.9 Å². The lowest BCUT2D eigenvalue weighted by Gasteiger charge is -2.37. The molecule has 1 spiro atoms. The molecule has 0 atom stereocenters. The third-order valence-electron chi connectivity index (χ3n) is 3.25. The van der Waals surface area contributed by atoms with Crippen LogP contribution in [0.25, 0.3) is 0 Å². The molecule has 5 nitrogen and oxygen atoms in total. The number of rotatable bonds is 3. The summed E-state index contributed by atoms with van der Waals surface area (Å²) in [5.74, 6) is -0.241. The molecule has 0 aromatic heterocycles. The minimum absolute atomic E-state index is 0.101. The van der Waals surface area contributed by atoms with Gasteiger partial charge in [-0.05, 0) is 13.8 Å². The van der Waals surface area contributed by atoms with Gasteiger partial charge in [0.1, 0.15) is 0 Å². The van der Waals surface area contributed by atoms with Crippen molar-refractivity contribution >= 4 is 5.91 Å². The molecular formula is C12H22N2O3. The van der Waals surface area contributed by atoms with Gasteiger partial charge >= 0.3 is 0 Å². The average Bonchev–Trinajstić information content (AvgIpc) is 2.69. The van der Waals surface area contributed by atoms with Gasteiger partial charge in [0, 0.05) is 32.0 Å². The second-order valence-corrected chi connectivity index (χ2v) is 5.11. The molecule has 0 aliphatic carbocycles. The van der Waals surface area contributed by atoms with E-state index in [0.29, 0.717) is 19.8 Å². The number of nitrogens with zero attached hydrogens (tertiary/aromatic N) is 1. The van der Waals surface area contributed by atoms with Crippen molar-refractivity contribution in [2.45, 2.75) is 38.5 Å². The van der Waals surface area contributed by atoms with E-state index in [1.54, 1.807) is 0 Å². The zero-order valence-electron chi connectivity index (χ0n) is 10.7. The largest absolute Gasteiger partial charge is 0.353 e. The molecule has 0 unspecified atom stereocenters. The van der Waals surface area contributed by atoms with Crippen LogP contribution in [0.2, 0.25) is 0 Å². The number of ether oxygens (including phenoxy) is 2. The normalized spacial score (nSPS) is 24.4. The Hall–Kier alpha value is -0.650. The molecular weight excluding hydrogens is 220 g/mol. The molecule has 2 saturated heterocycles. The molecule has 0 radical (unpaired) electrons. The highest BCUT2D eigenvalue weighted by Gasteiger charge is 2.39. The third kappa shape index (κ3) is 3.40. The topological polar surface area (TPSA) is 50.8 Å². The van der Waals surface area contributed by atoms with Crippen LogP contribution in [-0.2, 0) is 14.3 Å². The van der Waals surface area contributed by atoms with Crippen LogP contribution in [0, 0.1) is 0 Å². The van der Waals surface area contributed by atoms with Crippen molar-refractivity contribution in [3.05, 3.63) is 0 Å². The summed E-state index contributed by atoms with van der Waals surface area (Å²) in [6.07, 6.45) is 1.73. The minimum Gasteiger partial charge on any atom is -0.353 e. The summed E-state index contributed by atoms with van der Waals surface area (Å²) in [5, 5.41) is 2.91. The molecule has 2 aliphatic rings. The Kier molecular flexibility index (Phi) is 4.01. The van der Waals surface area contributed by atoms with Crippen molar-refractivity contribution in [3.8, 4) is 0 Å². The molecule has 2 fully saturated rings. The predicted molar refractivity (Wildman–Crippen MR) is 63.6 cm³/mol. The lowest BCUT2D eigenvalue weighted by atomic mass is 10.0. The molecule has 0 saturated carbocycles. The number of amides is 1. The Balaban J connectivity index is 1.73. The van der Waals surface area contributed by atoms with Crippen LogP contribution >= 0.6 is 0 Å². The summed E-state index contributed by atoms with van der Waals surface area (Å²) in [7, 11) is 0. The molecule has 0 bridgehead atoms. The fourth-order valence-corrected chi connectivity index (χ4v) is 2.41. The fraction of sp³-hybridized carbons (Fsp3) is 0.917. The maximum Gasteiger partial charge on any atom is 0.234 e. The van der Waals surface area contributed by atoms with E-state index in [1.165, 1.54) is 0 Å². The first-order valence-corrected chi connectivity index (χ1v) is 6.39. The fourth-order valence-electron chi connectivity index (χ4n) is 2.41. The van der Waals surface area contributed by atoms with E-state index >= 15 is 0 Å². The van der Waals surface area contributed by atoms with Gasteiger partial charge in [0.05, 0.1) is 19.8 Å². The molecule has 1 N–H and O–H groups in total. The molecule has 98 valence electrons. The molecule has 5 heteroatoms. The van der Waals surface area contributed by atoms with Gasteiger partial charge in [0.15, 0.2) is 5.79 Å². The van der Waals surface area contributed by atoms with Crippen LogP contribution in [0.4, 0.5) is 0 Å². The second kappa shape index (κ2) is 5.33. The highest BCUT2D eigenvalue weighted by Crippen LogP contribution is 2.30. The van der Waals surface area contributed by atoms with Gasteiger partial charge in [-0.2, -0.15) is 0 Å². The van der Waals surface area contributed by atoms with Crippen molar-refractivity contribution in [2.75, 3.05) is 32.8 Å². The third-order valence-corrected chi connectivity index (χ3v) is 3.25. The van der Waals surface area contributed by atoms with Gasteiger partial charge in [-0.1, -0.05) is 0 Å². The number of hydrogen-bond acceptors (Lipinski definition) is 4. The monoisotopic (exact) mass is 242 g/mol. The van der Waals surface area contributed by atoms with Gasteiger partial charge in [-0.15, -0.1) is 0 Å². The molecule has 2 aliphatic heterocycles. The van der Waals surface area contributed by atoms with Crippen LogP contribution in [-0.4, -0.2) is 55.5 Å². The number of carbonyl (C=O) groups is 1. The standard InChI is InChI=1S/C12H22N2O3/c1-10(2)13-11(15)9-14-5-3-12(4-6-14)16-7-8-17-12/h10H,3-9H2,1-2H3,(H,13,15). The Morgan fingerprint density at radius 2 is 1.88 bits per heavy atom. The predicted octanol–water partition coefficient (Wildman–Crippen LogP) is 0.350. The van der Waals surface area contributed by atoms with E-state index in [9.17, 15) is 4.79 Å². The van der Waals surface area contributed by atoms with Crippen molar-refractivity contribution in [1.82, 2.24) is 10.2 Å². The van der Waals surface area contributed by atoms with E-state index in [1.807, 2.05) is 13.8 Å². The first-order valence-electron chi connectivity index (χ1n) is 6.39. The first-order chi connectivity index (χ1) is 8.10. The SMILES string of the molecule is CC(C)NC(=O)CN1CCC2(CC1)OCCO2. The number of nitrogens with one attached hydrogen (secondary N) is 1. The summed E-state index contributed by atoms with van der Waals surface area (Å²) in [6.45, 7) is 7.57. The van der Waals surface area contributed by atoms with Crippen molar-refractivity contribution in [1.29, 1.82) is 0 Å². The summed E-state index contributed by atoms with van der Waals surface area (Å²) < 4.78 is 11.3. The maximum atomic E-state index is 11.6. The summed E-state index contributed by atoms with van der Waals surface area (Å²) >= 11 is 0. The van der Waals surface area contributed by atoms with Crippen LogP contribution in [0.3, 0.4) is 0 Å². The van der Waals surface area contributed by atoms with Gasteiger partial charge < -0.3 is 14.8 Å². The van der Waals surface area contributed by atoms with E-state index < -0.39 is 0 Å². The summed E-state index contributed by atoms with van der Waals surface area (Å²) in [5.41, 5.74) is 0. The minimum atomic E-state index is -0.342. The first kappa shape index (κ1) is 12.8. The number of hydrogen-bond donors (Lipinski definition) is 1. The summed E-state index contributed by atoms with van der Waals surface area (Å²) in [4.78, 5) is 13.8. The zero-order valence-corrected chi connectivity index (χ0v) is 10.7. The highest BCUT2D eigenvalue weighted by molar-refractivity contribution is 5.78. The van der Waals surface area contributed by atoms with E-state index in [4.69, 9.17) is 9.47 Å². The Morgan fingerprint density at radius 3 is 2.41 bits per heavy atom. The van der Waals surface area contributed by atoms with Crippen molar-refractivity contribution < 1.29 is 14.3 Å². The molecule has 2 heterocycles. The number of likely N-dealkylation sites (tertiary alicyclic amines) is 1. The number of carbonyl (C=O) groups excluding carboxylic acids is 1. The highest BCUT2D eigenvalue weighted by atomic mass is 16.7. The number of piperidine rings is 1. The summed E-state index contributed by atoms with van der Waals surface area (Å²) in [6, 6.07) is 0.208. The Bertz CT molecular complexity index is 265. The van der Waals surface area contributed by atoms with Crippen LogP contribution in [0.1, 0.15) is 26.7 Å². The van der Waals surface area contributed by atoms with Gasteiger partial charge in [0.2, 0.25) is 5.91 Å². The lowest BCUT2D eigenvalue weighted by Crippen LogP contribution is -2.48. The Morgan fingerprint density at radius 1 is 1.29 bits per heavy atom. The van der Waals surface area contributed by atoms with Crippen molar-refractivity contribution in [3.63, 3.8) is 0 Å². The lowest BCUT2D eigenvalue weighted by molar-refractivity contribution is -0.185. The molecule has 0 aromatic rings. The molecule has 2 rings (SSSR count). The van der Waals surface area contributed by atoms with Gasteiger partial charge in [-0.3, -0.25) is 9.69 Å². The van der Waals surface area contributed by atoms with Crippen LogP contribution in [0.15, 0.2) is 0 Å². The molecule has 0 aromatic carbocycles. The van der Waals surface area contributed by atoms with Crippen LogP contribution in [0.5, 0.6) is 0 Å². The quantitative estimate of drug-likeness (QED) is 0.776. The van der Waals surface area contributed by atoms with Gasteiger partial charge in [0.25, 0.3) is 0 Å².